The van der Waals surface area contributed by atoms with E-state index >= 15 is 0 Å². The van der Waals surface area contributed by atoms with Crippen molar-refractivity contribution < 1.29 is 28.3 Å². The molecule has 8 heteroatoms. The third-order valence-corrected chi connectivity index (χ3v) is 14.0. The minimum Gasteiger partial charge on any atom is -0.469 e. The van der Waals surface area contributed by atoms with Crippen LogP contribution >= 0.6 is 0 Å². The van der Waals surface area contributed by atoms with Gasteiger partial charge in [-0.2, -0.15) is 0 Å². The number of hydrogen-bond donors (Lipinski definition) is 1. The maximum atomic E-state index is 13.3. The molecule has 1 saturated carbocycles. The predicted molar refractivity (Wildman–Crippen MR) is 166 cm³/mol. The van der Waals surface area contributed by atoms with E-state index in [1.54, 1.807) is 0 Å². The topological polar surface area (TPSA) is 82.1 Å². The molecular weight excluding hydrogens is 525 g/mol. The van der Waals surface area contributed by atoms with Crippen LogP contribution in [0.1, 0.15) is 98.8 Å². The number of Topliss-reactive ketones (excluding diaryl/α,β-unsaturated/α-hetero) is 1. The van der Waals surface area contributed by atoms with Crippen LogP contribution in [-0.2, 0) is 23.2 Å². The smallest absolute Gasteiger partial charge is 0.305 e. The molecule has 0 bridgehead atoms. The van der Waals surface area contributed by atoms with E-state index in [1.165, 1.54) is 7.11 Å². The van der Waals surface area contributed by atoms with Gasteiger partial charge in [0.05, 0.1) is 30.8 Å². The number of ketones is 1. The van der Waals surface area contributed by atoms with E-state index in [0.717, 1.165) is 44.9 Å². The number of carbonyl (C=O) groups is 2. The summed E-state index contributed by atoms with van der Waals surface area (Å²) in [6.45, 7) is 22.2. The first-order valence-electron chi connectivity index (χ1n) is 15.2. The molecular formula is C31H60O6Si2. The first-order valence-corrected chi connectivity index (χ1v) is 21.5. The highest BCUT2D eigenvalue weighted by molar-refractivity contribution is 6.74. The Balaban J connectivity index is 3.12. The molecule has 0 aromatic carbocycles. The SMILES string of the molecule is CCCCC(C)(CC=CC1C(O[Si](C)(C)C(C)(C)C)CC(=O)C1C(O)CCCCCC(=O)OC)O[Si](C)(C)C. The number of esters is 1. The zero-order chi connectivity index (χ0) is 30.1. The van der Waals surface area contributed by atoms with Gasteiger partial charge in [-0.3, -0.25) is 9.59 Å². The molecule has 1 N–H and O–H groups in total. The highest BCUT2D eigenvalue weighted by Crippen LogP contribution is 2.43. The minimum atomic E-state index is -2.11. The second-order valence-electron chi connectivity index (χ2n) is 14.3. The van der Waals surface area contributed by atoms with Gasteiger partial charge in [-0.05, 0) is 70.4 Å². The van der Waals surface area contributed by atoms with Crippen LogP contribution in [0.5, 0.6) is 0 Å². The van der Waals surface area contributed by atoms with Gasteiger partial charge in [-0.25, -0.2) is 0 Å². The lowest BCUT2D eigenvalue weighted by Gasteiger charge is -2.40. The Labute approximate surface area is 241 Å². The van der Waals surface area contributed by atoms with Crippen molar-refractivity contribution in [3.63, 3.8) is 0 Å². The van der Waals surface area contributed by atoms with Crippen LogP contribution in [-0.4, -0.2) is 58.4 Å². The van der Waals surface area contributed by atoms with Gasteiger partial charge >= 0.3 is 5.97 Å². The molecule has 0 aromatic rings. The standard InChI is InChI=1S/C31H60O6Si2/c1-12-13-21-31(5,37-38(7,8)9)22-17-18-24-27(36-39(10,11)30(2,3)4)23-26(33)29(24)25(32)19-15-14-16-20-28(34)35-6/h17-18,24-25,27,29,32H,12-16,19-23H2,1-11H3. The van der Waals surface area contributed by atoms with Crippen LogP contribution in [0.15, 0.2) is 12.2 Å². The molecule has 0 amide bonds. The molecule has 0 aromatic heterocycles. The van der Waals surface area contributed by atoms with Gasteiger partial charge in [0.25, 0.3) is 0 Å². The second-order valence-corrected chi connectivity index (χ2v) is 23.5. The summed E-state index contributed by atoms with van der Waals surface area (Å²) in [7, 11) is -2.45. The van der Waals surface area contributed by atoms with Gasteiger partial charge in [0.15, 0.2) is 16.6 Å². The number of rotatable bonds is 17. The lowest BCUT2D eigenvalue weighted by molar-refractivity contribution is -0.140. The van der Waals surface area contributed by atoms with Gasteiger partial charge in [-0.1, -0.05) is 65.5 Å². The van der Waals surface area contributed by atoms with Gasteiger partial charge in [0.1, 0.15) is 5.78 Å². The molecule has 0 radical (unpaired) electrons. The third kappa shape index (κ3) is 12.3. The number of unbranched alkanes of at least 4 members (excludes halogenated alkanes) is 3. The Hall–Kier alpha value is -0.806. The lowest BCUT2D eigenvalue weighted by atomic mass is 9.85. The van der Waals surface area contributed by atoms with Crippen molar-refractivity contribution in [2.24, 2.45) is 11.8 Å². The summed E-state index contributed by atoms with van der Waals surface area (Å²) < 4.78 is 18.2. The van der Waals surface area contributed by atoms with Crippen LogP contribution < -0.4 is 0 Å². The first-order chi connectivity index (χ1) is 17.9. The fourth-order valence-corrected chi connectivity index (χ4v) is 8.36. The molecule has 228 valence electrons. The maximum absolute atomic E-state index is 13.3. The monoisotopic (exact) mass is 584 g/mol. The van der Waals surface area contributed by atoms with Crippen LogP contribution in [0.4, 0.5) is 0 Å². The quantitative estimate of drug-likeness (QED) is 0.0812. The predicted octanol–water partition coefficient (Wildman–Crippen LogP) is 7.81. The molecule has 6 nitrogen and oxygen atoms in total. The normalized spacial score (nSPS) is 23.3. The molecule has 1 rings (SSSR count). The molecule has 1 aliphatic carbocycles. The summed E-state index contributed by atoms with van der Waals surface area (Å²) in [5, 5.41) is 11.3. The van der Waals surface area contributed by atoms with Crippen LogP contribution in [0.3, 0.4) is 0 Å². The average molecular weight is 585 g/mol. The number of ether oxygens (including phenoxy) is 1. The average Bonchev–Trinajstić information content (AvgIpc) is 3.09. The van der Waals surface area contributed by atoms with Crippen molar-refractivity contribution in [2.45, 2.75) is 154 Å². The lowest BCUT2D eigenvalue weighted by Crippen LogP contribution is -2.45. The molecule has 0 aliphatic heterocycles. The summed E-state index contributed by atoms with van der Waals surface area (Å²) in [5.41, 5.74) is -0.233. The molecule has 5 unspecified atom stereocenters. The molecule has 0 spiro atoms. The van der Waals surface area contributed by atoms with Crippen LogP contribution in [0, 0.1) is 11.8 Å². The van der Waals surface area contributed by atoms with Crippen molar-refractivity contribution in [3.05, 3.63) is 12.2 Å². The van der Waals surface area contributed by atoms with E-state index in [1.807, 2.05) is 0 Å². The first kappa shape index (κ1) is 36.2. The number of carbonyl (C=O) groups excluding carboxylic acids is 2. The summed E-state index contributed by atoms with van der Waals surface area (Å²) in [5.74, 6) is -0.723. The van der Waals surface area contributed by atoms with Crippen molar-refractivity contribution in [1.82, 2.24) is 0 Å². The van der Waals surface area contributed by atoms with Gasteiger partial charge in [0, 0.05) is 18.8 Å². The van der Waals surface area contributed by atoms with E-state index < -0.39 is 28.7 Å². The fraction of sp³-hybridized carbons (Fsp3) is 0.871. The molecule has 39 heavy (non-hydrogen) atoms. The third-order valence-electron chi connectivity index (χ3n) is 8.41. The number of aliphatic hydroxyl groups excluding tert-OH is 1. The van der Waals surface area contributed by atoms with E-state index in [0.29, 0.717) is 19.3 Å². The number of methoxy groups -OCH3 is 1. The summed E-state index contributed by atoms with van der Waals surface area (Å²) >= 11 is 0. The zero-order valence-electron chi connectivity index (χ0n) is 27.0. The number of aliphatic hydroxyl groups is 1. The van der Waals surface area contributed by atoms with E-state index in [-0.39, 0.29) is 34.4 Å². The van der Waals surface area contributed by atoms with Crippen LogP contribution in [0.25, 0.3) is 0 Å². The molecule has 1 aliphatic rings. The number of hydrogen-bond acceptors (Lipinski definition) is 6. The minimum absolute atomic E-state index is 0.0323. The van der Waals surface area contributed by atoms with Crippen molar-refractivity contribution in [1.29, 1.82) is 0 Å². The summed E-state index contributed by atoms with van der Waals surface area (Å²) in [6.07, 6.45) is 11.0. The van der Waals surface area contributed by atoms with Gasteiger partial charge in [0.2, 0.25) is 0 Å². The van der Waals surface area contributed by atoms with E-state index in [2.05, 4.69) is 79.5 Å². The van der Waals surface area contributed by atoms with Gasteiger partial charge in [-0.15, -0.1) is 0 Å². The van der Waals surface area contributed by atoms with E-state index in [9.17, 15) is 14.7 Å². The molecule has 0 saturated heterocycles. The molecule has 5 atom stereocenters. The highest BCUT2D eigenvalue weighted by Gasteiger charge is 2.49. The zero-order valence-corrected chi connectivity index (χ0v) is 29.0. The van der Waals surface area contributed by atoms with Crippen LogP contribution in [0.2, 0.25) is 37.8 Å². The Bertz CT molecular complexity index is 798. The Morgan fingerprint density at radius 2 is 1.72 bits per heavy atom. The Kier molecular flexibility index (Phi) is 14.3. The largest absolute Gasteiger partial charge is 0.469 e. The molecule has 1 fully saturated rings. The summed E-state index contributed by atoms with van der Waals surface area (Å²) in [6, 6.07) is 0. The maximum Gasteiger partial charge on any atom is 0.305 e. The van der Waals surface area contributed by atoms with Crippen molar-refractivity contribution in [2.75, 3.05) is 7.11 Å². The Morgan fingerprint density at radius 3 is 2.26 bits per heavy atom. The van der Waals surface area contributed by atoms with E-state index in [4.69, 9.17) is 13.6 Å². The fourth-order valence-electron chi connectivity index (χ4n) is 5.35. The highest BCUT2D eigenvalue weighted by atomic mass is 28.4. The van der Waals surface area contributed by atoms with Crippen molar-refractivity contribution >= 4 is 28.4 Å². The van der Waals surface area contributed by atoms with Crippen molar-refractivity contribution in [3.8, 4) is 0 Å². The Morgan fingerprint density at radius 1 is 1.08 bits per heavy atom. The van der Waals surface area contributed by atoms with Gasteiger partial charge < -0.3 is 18.7 Å². The molecule has 0 heterocycles. The summed E-state index contributed by atoms with van der Waals surface area (Å²) in [4.78, 5) is 24.7. The second kappa shape index (κ2) is 15.4.